The van der Waals surface area contributed by atoms with Crippen LogP contribution in [0.1, 0.15) is 0 Å². The van der Waals surface area contributed by atoms with Crippen LogP contribution in [-0.2, 0) is 0 Å². The predicted octanol–water partition coefficient (Wildman–Crippen LogP) is 4.23. The van der Waals surface area contributed by atoms with Crippen LogP contribution in [0.15, 0.2) is 22.7 Å². The highest BCUT2D eigenvalue weighted by atomic mass is 79.9. The summed E-state index contributed by atoms with van der Waals surface area (Å²) in [6.45, 7) is 0. The van der Waals surface area contributed by atoms with Gasteiger partial charge in [-0.1, -0.05) is 15.9 Å². The van der Waals surface area contributed by atoms with E-state index in [-0.39, 0.29) is 4.47 Å². The monoisotopic (exact) mass is 367 g/mol. The average molecular weight is 368 g/mol. The maximum absolute atomic E-state index is 12.3. The van der Waals surface area contributed by atoms with Crippen molar-refractivity contribution in [2.24, 2.45) is 0 Å². The zero-order valence-corrected chi connectivity index (χ0v) is 10.7. The SMILES string of the molecule is O=[N+]([O-])c1ccc(Br)cc1OC(C(F)(F)F)C(F)(F)F. The molecule has 1 rings (SSSR count). The molecule has 0 heterocycles. The van der Waals surface area contributed by atoms with Gasteiger partial charge in [0.25, 0.3) is 6.10 Å². The van der Waals surface area contributed by atoms with E-state index in [1.807, 2.05) is 0 Å². The maximum Gasteiger partial charge on any atom is 0.434 e. The van der Waals surface area contributed by atoms with E-state index in [1.54, 1.807) is 0 Å². The van der Waals surface area contributed by atoms with E-state index in [2.05, 4.69) is 20.7 Å². The molecule has 0 radical (unpaired) electrons. The number of rotatable bonds is 3. The van der Waals surface area contributed by atoms with Gasteiger partial charge in [0.05, 0.1) is 4.92 Å². The number of hydrogen-bond donors (Lipinski definition) is 0. The molecule has 0 aromatic heterocycles. The Morgan fingerprint density at radius 1 is 1.15 bits per heavy atom. The third-order valence-electron chi connectivity index (χ3n) is 1.96. The lowest BCUT2D eigenvalue weighted by Crippen LogP contribution is -2.46. The van der Waals surface area contributed by atoms with Gasteiger partial charge in [-0.3, -0.25) is 10.1 Å². The molecule has 0 atom stereocenters. The molecule has 4 nitrogen and oxygen atoms in total. The molecule has 0 amide bonds. The molecule has 11 heteroatoms. The first kappa shape index (κ1) is 16.5. The second kappa shape index (κ2) is 5.46. The molecule has 1 aromatic carbocycles. The molecule has 0 aliphatic carbocycles. The number of benzene rings is 1. The van der Waals surface area contributed by atoms with Crippen molar-refractivity contribution in [3.8, 4) is 5.75 Å². The molecule has 112 valence electrons. The van der Waals surface area contributed by atoms with Gasteiger partial charge in [0, 0.05) is 16.6 Å². The van der Waals surface area contributed by atoms with Gasteiger partial charge in [0.2, 0.25) is 0 Å². The summed E-state index contributed by atoms with van der Waals surface area (Å²) in [6.07, 6.45) is -15.7. The van der Waals surface area contributed by atoms with Gasteiger partial charge < -0.3 is 4.74 Å². The van der Waals surface area contributed by atoms with Crippen LogP contribution in [0.2, 0.25) is 0 Å². The molecule has 20 heavy (non-hydrogen) atoms. The molecule has 0 saturated carbocycles. The van der Waals surface area contributed by atoms with Gasteiger partial charge in [-0.25, -0.2) is 0 Å². The quantitative estimate of drug-likeness (QED) is 0.456. The Morgan fingerprint density at radius 2 is 1.65 bits per heavy atom. The minimum absolute atomic E-state index is 0.0289. The molecular formula is C9H4BrF6NO3. The Morgan fingerprint density at radius 3 is 2.05 bits per heavy atom. The molecule has 0 saturated heterocycles. The van der Waals surface area contributed by atoms with Crippen molar-refractivity contribution in [2.75, 3.05) is 0 Å². The van der Waals surface area contributed by atoms with Crippen molar-refractivity contribution >= 4 is 21.6 Å². The second-order valence-corrected chi connectivity index (χ2v) is 4.37. The number of alkyl halides is 6. The highest BCUT2D eigenvalue weighted by Crippen LogP contribution is 2.39. The summed E-state index contributed by atoms with van der Waals surface area (Å²) in [4.78, 5) is 9.41. The number of halogens is 7. The summed E-state index contributed by atoms with van der Waals surface area (Å²) >= 11 is 2.77. The van der Waals surface area contributed by atoms with Gasteiger partial charge in [0.15, 0.2) is 5.75 Å². The Labute approximate surface area is 115 Å². The van der Waals surface area contributed by atoms with Gasteiger partial charge in [-0.2, -0.15) is 26.3 Å². The first-order valence-corrected chi connectivity index (χ1v) is 5.46. The van der Waals surface area contributed by atoms with Crippen molar-refractivity contribution < 1.29 is 36.0 Å². The van der Waals surface area contributed by atoms with Crippen LogP contribution in [0.25, 0.3) is 0 Å². The van der Waals surface area contributed by atoms with E-state index in [0.29, 0.717) is 6.07 Å². The first-order chi connectivity index (χ1) is 8.93. The predicted molar refractivity (Wildman–Crippen MR) is 57.3 cm³/mol. The molecule has 0 unspecified atom stereocenters. The van der Waals surface area contributed by atoms with E-state index in [0.717, 1.165) is 12.1 Å². The van der Waals surface area contributed by atoms with Crippen molar-refractivity contribution in [3.05, 3.63) is 32.8 Å². The lowest BCUT2D eigenvalue weighted by Gasteiger charge is -2.23. The van der Waals surface area contributed by atoms with E-state index >= 15 is 0 Å². The summed E-state index contributed by atoms with van der Waals surface area (Å²) in [6, 6.07) is 2.47. The van der Waals surface area contributed by atoms with Crippen LogP contribution in [0.3, 0.4) is 0 Å². The van der Waals surface area contributed by atoms with Crippen LogP contribution in [0.4, 0.5) is 32.0 Å². The van der Waals surface area contributed by atoms with E-state index in [9.17, 15) is 36.5 Å². The van der Waals surface area contributed by atoms with E-state index in [1.165, 1.54) is 0 Å². The molecule has 0 bridgehead atoms. The van der Waals surface area contributed by atoms with Crippen LogP contribution in [0, 0.1) is 10.1 Å². The summed E-state index contributed by atoms with van der Waals surface area (Å²) in [5.74, 6) is -1.14. The Kier molecular flexibility index (Phi) is 4.52. The Balaban J connectivity index is 3.24. The van der Waals surface area contributed by atoms with Crippen LogP contribution in [-0.4, -0.2) is 23.4 Å². The maximum atomic E-state index is 12.3. The number of nitro groups is 1. The molecule has 1 aromatic rings. The molecular weight excluding hydrogens is 364 g/mol. The van der Waals surface area contributed by atoms with E-state index < -0.39 is 34.8 Å². The third-order valence-corrected chi connectivity index (χ3v) is 2.45. The van der Waals surface area contributed by atoms with Crippen LogP contribution in [0.5, 0.6) is 5.75 Å². The highest BCUT2D eigenvalue weighted by molar-refractivity contribution is 9.10. The topological polar surface area (TPSA) is 52.4 Å². The fraction of sp³-hybridized carbons (Fsp3) is 0.333. The number of hydrogen-bond acceptors (Lipinski definition) is 3. The number of nitro benzene ring substituents is 1. The van der Waals surface area contributed by atoms with Gasteiger partial charge >= 0.3 is 18.0 Å². The first-order valence-electron chi connectivity index (χ1n) is 4.67. The minimum Gasteiger partial charge on any atom is -0.464 e. The molecule has 0 N–H and O–H groups in total. The standard InChI is InChI=1S/C9H4BrF6NO3/c10-4-1-2-5(17(18)19)6(3-4)20-7(8(11,12)13)9(14,15)16/h1-3,7H. The molecule has 0 fully saturated rings. The van der Waals surface area contributed by atoms with Crippen molar-refractivity contribution in [1.29, 1.82) is 0 Å². The summed E-state index contributed by atoms with van der Waals surface area (Å²) in [5, 5.41) is 10.6. The van der Waals surface area contributed by atoms with Crippen molar-refractivity contribution in [2.45, 2.75) is 18.5 Å². The van der Waals surface area contributed by atoms with Gasteiger partial charge in [-0.05, 0) is 6.07 Å². The average Bonchev–Trinajstić information content (AvgIpc) is 2.22. The minimum atomic E-state index is -5.76. The Hall–Kier alpha value is -1.52. The van der Waals surface area contributed by atoms with Crippen LogP contribution >= 0.6 is 15.9 Å². The normalized spacial score (nSPS) is 12.6. The summed E-state index contributed by atoms with van der Waals surface area (Å²) in [5.41, 5.74) is -1.01. The largest absolute Gasteiger partial charge is 0.464 e. The fourth-order valence-corrected chi connectivity index (χ4v) is 1.52. The third kappa shape index (κ3) is 3.99. The fourth-order valence-electron chi connectivity index (χ4n) is 1.18. The molecule has 0 spiro atoms. The summed E-state index contributed by atoms with van der Waals surface area (Å²) < 4.78 is 77.7. The lowest BCUT2D eigenvalue weighted by atomic mass is 10.2. The Bertz CT molecular complexity index is 501. The zero-order valence-electron chi connectivity index (χ0n) is 9.13. The molecule has 0 aliphatic heterocycles. The van der Waals surface area contributed by atoms with Gasteiger partial charge in [0.1, 0.15) is 0 Å². The van der Waals surface area contributed by atoms with Gasteiger partial charge in [-0.15, -0.1) is 0 Å². The lowest BCUT2D eigenvalue weighted by molar-refractivity contribution is -0.387. The van der Waals surface area contributed by atoms with E-state index in [4.69, 9.17) is 0 Å². The van der Waals surface area contributed by atoms with Crippen molar-refractivity contribution in [3.63, 3.8) is 0 Å². The smallest absolute Gasteiger partial charge is 0.434 e. The van der Waals surface area contributed by atoms with Crippen LogP contribution < -0.4 is 4.74 Å². The number of nitrogens with zero attached hydrogens (tertiary/aromatic N) is 1. The zero-order chi connectivity index (χ0) is 15.7. The van der Waals surface area contributed by atoms with Crippen molar-refractivity contribution in [1.82, 2.24) is 0 Å². The number of ether oxygens (including phenoxy) is 1. The second-order valence-electron chi connectivity index (χ2n) is 3.45. The summed E-state index contributed by atoms with van der Waals surface area (Å²) in [7, 11) is 0. The molecule has 0 aliphatic rings. The highest BCUT2D eigenvalue weighted by Gasteiger charge is 2.59.